The molecule has 3 N–H and O–H groups in total. The maximum absolute atomic E-state index is 12.0. The molecular weight excluding hydrogens is 364 g/mol. The average Bonchev–Trinajstić information content (AvgIpc) is 2.63. The minimum Gasteiger partial charge on any atom is -0.493 e. The fourth-order valence-corrected chi connectivity index (χ4v) is 2.65. The predicted octanol–water partition coefficient (Wildman–Crippen LogP) is 2.42. The van der Waals surface area contributed by atoms with Crippen LogP contribution in [0.5, 0.6) is 11.5 Å². The van der Waals surface area contributed by atoms with Gasteiger partial charge < -0.3 is 30.0 Å². The summed E-state index contributed by atoms with van der Waals surface area (Å²) in [6, 6.07) is 4.10. The number of hydrogen-bond acceptors (Lipinski definition) is 7. The molecule has 0 unspecified atom stereocenters. The number of carbonyl (C=O) groups is 2. The highest BCUT2D eigenvalue weighted by Crippen LogP contribution is 2.28. The van der Waals surface area contributed by atoms with E-state index < -0.39 is 29.7 Å². The summed E-state index contributed by atoms with van der Waals surface area (Å²) in [4.78, 5) is 24.0. The number of nitrogens with two attached hydrogens (primary N) is 1. The molecule has 8 nitrogen and oxygen atoms in total. The van der Waals surface area contributed by atoms with E-state index in [9.17, 15) is 9.59 Å². The van der Waals surface area contributed by atoms with E-state index in [-0.39, 0.29) is 0 Å². The van der Waals surface area contributed by atoms with Crippen molar-refractivity contribution in [2.75, 3.05) is 21.3 Å². The normalized spacial score (nSPS) is 13.2. The van der Waals surface area contributed by atoms with Crippen molar-refractivity contribution in [3.8, 4) is 11.5 Å². The Kier molecular flexibility index (Phi) is 9.05. The van der Waals surface area contributed by atoms with Crippen molar-refractivity contribution in [3.63, 3.8) is 0 Å². The summed E-state index contributed by atoms with van der Waals surface area (Å²) in [5.41, 5.74) is 6.53. The van der Waals surface area contributed by atoms with Crippen LogP contribution in [0.1, 0.15) is 39.2 Å². The molecule has 0 spiro atoms. The van der Waals surface area contributed by atoms with Gasteiger partial charge in [0.25, 0.3) is 0 Å². The van der Waals surface area contributed by atoms with Crippen LogP contribution in [0.3, 0.4) is 0 Å². The number of rotatable bonds is 9. The van der Waals surface area contributed by atoms with Crippen molar-refractivity contribution in [3.05, 3.63) is 23.8 Å². The third kappa shape index (κ3) is 7.64. The van der Waals surface area contributed by atoms with Crippen molar-refractivity contribution in [1.82, 2.24) is 5.32 Å². The first-order valence-electron chi connectivity index (χ1n) is 9.15. The molecule has 2 atom stereocenters. The summed E-state index contributed by atoms with van der Waals surface area (Å²) in [5.74, 6) is 0.711. The Labute approximate surface area is 166 Å². The zero-order valence-electron chi connectivity index (χ0n) is 17.5. The Bertz CT molecular complexity index is 657. The maximum atomic E-state index is 12.0. The van der Waals surface area contributed by atoms with Gasteiger partial charge in [0.2, 0.25) is 0 Å². The number of hydrogen-bond donors (Lipinski definition) is 2. The fraction of sp³-hybridized carbons (Fsp3) is 0.600. The van der Waals surface area contributed by atoms with Gasteiger partial charge in [-0.25, -0.2) is 9.59 Å². The van der Waals surface area contributed by atoms with E-state index in [1.54, 1.807) is 35.0 Å². The molecule has 0 aliphatic rings. The van der Waals surface area contributed by atoms with Crippen LogP contribution < -0.4 is 20.5 Å². The average molecular weight is 396 g/mol. The smallest absolute Gasteiger partial charge is 0.408 e. The van der Waals surface area contributed by atoms with Crippen molar-refractivity contribution in [1.29, 1.82) is 0 Å². The molecule has 1 rings (SSSR count). The lowest BCUT2D eigenvalue weighted by Gasteiger charge is -2.25. The molecule has 1 aromatic rings. The Morgan fingerprint density at radius 3 is 2.29 bits per heavy atom. The van der Waals surface area contributed by atoms with Crippen LogP contribution >= 0.6 is 0 Å². The Hall–Kier alpha value is -2.48. The van der Waals surface area contributed by atoms with Crippen LogP contribution in [-0.4, -0.2) is 51.1 Å². The molecule has 0 fully saturated rings. The highest BCUT2D eigenvalue weighted by atomic mass is 16.6. The van der Waals surface area contributed by atoms with Crippen LogP contribution in [0.15, 0.2) is 18.2 Å². The van der Waals surface area contributed by atoms with Crippen LogP contribution in [0.25, 0.3) is 0 Å². The molecule has 0 aromatic heterocycles. The summed E-state index contributed by atoms with van der Waals surface area (Å²) in [7, 11) is 4.42. The molecule has 0 aliphatic carbocycles. The third-order valence-corrected chi connectivity index (χ3v) is 4.01. The first-order valence-corrected chi connectivity index (χ1v) is 9.15. The van der Waals surface area contributed by atoms with E-state index >= 15 is 0 Å². The molecule has 8 heteroatoms. The van der Waals surface area contributed by atoms with E-state index in [1.807, 2.05) is 18.2 Å². The number of benzene rings is 1. The molecule has 0 radical (unpaired) electrons. The molecule has 158 valence electrons. The van der Waals surface area contributed by atoms with Gasteiger partial charge in [0, 0.05) is 6.04 Å². The summed E-state index contributed by atoms with van der Waals surface area (Å²) in [6.45, 7) is 5.22. The number of ether oxygens (including phenoxy) is 4. The number of alkyl carbamates (subject to hydrolysis) is 1. The van der Waals surface area contributed by atoms with Crippen molar-refractivity contribution in [2.45, 2.75) is 57.7 Å². The zero-order chi connectivity index (χ0) is 21.3. The molecule has 0 saturated carbocycles. The van der Waals surface area contributed by atoms with Gasteiger partial charge in [0.15, 0.2) is 11.5 Å². The molecular formula is C20H32N2O6. The van der Waals surface area contributed by atoms with Gasteiger partial charge >= 0.3 is 12.1 Å². The summed E-state index contributed by atoms with van der Waals surface area (Å²) >= 11 is 0. The Morgan fingerprint density at radius 1 is 1.11 bits per heavy atom. The van der Waals surface area contributed by atoms with Gasteiger partial charge in [-0.05, 0) is 57.7 Å². The minimum absolute atomic E-state index is 0.504. The molecule has 1 aromatic carbocycles. The zero-order valence-corrected chi connectivity index (χ0v) is 17.5. The second-order valence-electron chi connectivity index (χ2n) is 7.39. The SMILES string of the molecule is COC(=O)[C@H](NC(=O)OC(C)(C)C)[C@@H](N)CCCc1ccc(OC)c(OC)c1. The van der Waals surface area contributed by atoms with Crippen molar-refractivity contribution in [2.24, 2.45) is 5.73 Å². The molecule has 1 amide bonds. The highest BCUT2D eigenvalue weighted by Gasteiger charge is 2.30. The Morgan fingerprint density at radius 2 is 1.75 bits per heavy atom. The summed E-state index contributed by atoms with van der Waals surface area (Å²) in [5, 5.41) is 2.51. The number of amides is 1. The molecule has 0 bridgehead atoms. The predicted molar refractivity (Wildman–Crippen MR) is 106 cm³/mol. The number of esters is 1. The lowest BCUT2D eigenvalue weighted by molar-refractivity contribution is -0.143. The van der Waals surface area contributed by atoms with Crippen LogP contribution in [0.2, 0.25) is 0 Å². The molecule has 0 aliphatic heterocycles. The Balaban J connectivity index is 2.67. The summed E-state index contributed by atoms with van der Waals surface area (Å²) in [6.07, 6.45) is 1.23. The number of carbonyl (C=O) groups excluding carboxylic acids is 2. The fourth-order valence-electron chi connectivity index (χ4n) is 2.65. The monoisotopic (exact) mass is 396 g/mol. The maximum Gasteiger partial charge on any atom is 0.408 e. The first kappa shape index (κ1) is 23.6. The highest BCUT2D eigenvalue weighted by molar-refractivity contribution is 5.82. The van der Waals surface area contributed by atoms with Crippen LogP contribution in [-0.2, 0) is 20.7 Å². The van der Waals surface area contributed by atoms with E-state index in [1.165, 1.54) is 7.11 Å². The van der Waals surface area contributed by atoms with Crippen molar-refractivity contribution < 1.29 is 28.5 Å². The van der Waals surface area contributed by atoms with Gasteiger partial charge in [-0.1, -0.05) is 6.07 Å². The molecule has 0 heterocycles. The number of aryl methyl sites for hydroxylation is 1. The minimum atomic E-state index is -0.981. The largest absolute Gasteiger partial charge is 0.493 e. The van der Waals surface area contributed by atoms with Crippen LogP contribution in [0, 0.1) is 0 Å². The van der Waals surface area contributed by atoms with Crippen LogP contribution in [0.4, 0.5) is 4.79 Å². The lowest BCUT2D eigenvalue weighted by atomic mass is 10.00. The lowest BCUT2D eigenvalue weighted by Crippen LogP contribution is -2.53. The first-order chi connectivity index (χ1) is 13.1. The van der Waals surface area contributed by atoms with Gasteiger partial charge in [0.05, 0.1) is 21.3 Å². The third-order valence-electron chi connectivity index (χ3n) is 4.01. The van der Waals surface area contributed by atoms with Gasteiger partial charge in [0.1, 0.15) is 11.6 Å². The standard InChI is InChI=1S/C20H32N2O6/c1-20(2,3)28-19(24)22-17(18(23)27-6)14(21)9-7-8-13-10-11-15(25-4)16(12-13)26-5/h10-12,14,17H,7-9,21H2,1-6H3,(H,22,24)/t14-,17+/m0/s1. The second-order valence-corrected chi connectivity index (χ2v) is 7.39. The van der Waals surface area contributed by atoms with E-state index in [0.29, 0.717) is 24.3 Å². The van der Waals surface area contributed by atoms with E-state index in [0.717, 1.165) is 12.0 Å². The van der Waals surface area contributed by atoms with Gasteiger partial charge in [-0.3, -0.25) is 0 Å². The summed E-state index contributed by atoms with van der Waals surface area (Å²) < 4.78 is 20.5. The number of methoxy groups -OCH3 is 3. The van der Waals surface area contributed by atoms with Crippen molar-refractivity contribution >= 4 is 12.1 Å². The topological polar surface area (TPSA) is 109 Å². The second kappa shape index (κ2) is 10.8. The van der Waals surface area contributed by atoms with Gasteiger partial charge in [-0.15, -0.1) is 0 Å². The molecule has 28 heavy (non-hydrogen) atoms. The van der Waals surface area contributed by atoms with E-state index in [4.69, 9.17) is 24.7 Å². The number of nitrogens with one attached hydrogen (secondary N) is 1. The van der Waals surface area contributed by atoms with Gasteiger partial charge in [-0.2, -0.15) is 0 Å². The van der Waals surface area contributed by atoms with E-state index in [2.05, 4.69) is 5.32 Å². The molecule has 0 saturated heterocycles. The quantitative estimate of drug-likeness (QED) is 0.617.